The van der Waals surface area contributed by atoms with Crippen molar-refractivity contribution in [2.45, 2.75) is 26.9 Å². The maximum Gasteiger partial charge on any atom is 0.178 e. The third kappa shape index (κ3) is 2.85. The van der Waals surface area contributed by atoms with E-state index in [1.54, 1.807) is 6.21 Å². The van der Waals surface area contributed by atoms with Gasteiger partial charge < -0.3 is 9.32 Å². The zero-order valence-corrected chi connectivity index (χ0v) is 17.9. The van der Waals surface area contributed by atoms with Gasteiger partial charge in [0.05, 0.1) is 5.69 Å². The monoisotopic (exact) mass is 408 g/mol. The molecule has 31 heavy (non-hydrogen) atoms. The molecule has 2 heterocycles. The fraction of sp³-hybridized carbons (Fsp3) is 0.154. The van der Waals surface area contributed by atoms with Gasteiger partial charge in [0.2, 0.25) is 0 Å². The molecular formula is C26H24N4O. The number of aliphatic imine (C=N–C) groups is 2. The smallest absolute Gasteiger partial charge is 0.178 e. The minimum absolute atomic E-state index is 0.0703. The summed E-state index contributed by atoms with van der Waals surface area (Å²) >= 11 is 0. The summed E-state index contributed by atoms with van der Waals surface area (Å²) in [6.45, 7) is 10.0. The zero-order valence-electron chi connectivity index (χ0n) is 17.9. The number of nitrogens with zero attached hydrogens (tertiary/aromatic N) is 4. The molecule has 5 rings (SSSR count). The van der Waals surface area contributed by atoms with Gasteiger partial charge in [-0.3, -0.25) is 4.90 Å². The lowest BCUT2D eigenvalue weighted by Crippen LogP contribution is -2.38. The van der Waals surface area contributed by atoms with Crippen molar-refractivity contribution in [1.29, 1.82) is 0 Å². The SMILES string of the molecule is C=NC1=C(N=CC)N(c2ccccc2)C(C)N1c1c(C)ccc2c1oc1ccccc12. The molecule has 5 heteroatoms. The van der Waals surface area contributed by atoms with Crippen molar-refractivity contribution in [2.24, 2.45) is 9.98 Å². The minimum Gasteiger partial charge on any atom is -0.454 e. The molecule has 1 aliphatic heterocycles. The molecule has 0 fully saturated rings. The summed E-state index contributed by atoms with van der Waals surface area (Å²) in [5, 5.41) is 2.19. The summed E-state index contributed by atoms with van der Waals surface area (Å²) in [6.07, 6.45) is 1.72. The number of anilines is 2. The standard InChI is InChI=1S/C26H24N4O/c1-5-28-26-25(27-4)30(18(3)29(26)19-11-7-6-8-12-19)23-17(2)15-16-21-20-13-9-10-14-22(20)31-24(21)23/h5-16,18H,4H2,1-3H3. The lowest BCUT2D eigenvalue weighted by Gasteiger charge is -2.31. The molecule has 0 radical (unpaired) electrons. The third-order valence-corrected chi connectivity index (χ3v) is 5.80. The molecule has 4 aromatic rings. The molecule has 1 aliphatic rings. The maximum absolute atomic E-state index is 6.37. The second kappa shape index (κ2) is 7.43. The summed E-state index contributed by atoms with van der Waals surface area (Å²) in [5.74, 6) is 1.48. The zero-order chi connectivity index (χ0) is 21.5. The number of fused-ring (bicyclic) bond motifs is 3. The molecule has 0 saturated carbocycles. The van der Waals surface area contributed by atoms with Gasteiger partial charge in [-0.2, -0.15) is 0 Å². The van der Waals surface area contributed by atoms with Gasteiger partial charge in [-0.1, -0.05) is 48.5 Å². The Bertz CT molecular complexity index is 1350. The van der Waals surface area contributed by atoms with Crippen molar-refractivity contribution in [3.63, 3.8) is 0 Å². The highest BCUT2D eigenvalue weighted by Crippen LogP contribution is 2.44. The van der Waals surface area contributed by atoms with Gasteiger partial charge in [-0.15, -0.1) is 0 Å². The molecule has 1 atom stereocenters. The van der Waals surface area contributed by atoms with Gasteiger partial charge in [0.15, 0.2) is 17.2 Å². The van der Waals surface area contributed by atoms with Crippen LogP contribution in [0.2, 0.25) is 0 Å². The van der Waals surface area contributed by atoms with Gasteiger partial charge >= 0.3 is 0 Å². The predicted molar refractivity (Wildman–Crippen MR) is 130 cm³/mol. The molecule has 154 valence electrons. The Morgan fingerprint density at radius 3 is 2.39 bits per heavy atom. The summed E-state index contributed by atoms with van der Waals surface area (Å²) in [6, 6.07) is 22.7. The molecule has 0 spiro atoms. The van der Waals surface area contributed by atoms with Crippen molar-refractivity contribution < 1.29 is 4.42 Å². The number of para-hydroxylation sites is 2. The average molecular weight is 409 g/mol. The van der Waals surface area contributed by atoms with Crippen LogP contribution in [0.5, 0.6) is 0 Å². The molecule has 0 N–H and O–H groups in total. The van der Waals surface area contributed by atoms with E-state index in [9.17, 15) is 0 Å². The van der Waals surface area contributed by atoms with E-state index < -0.39 is 0 Å². The largest absolute Gasteiger partial charge is 0.454 e. The molecular weight excluding hydrogens is 384 g/mol. The van der Waals surface area contributed by atoms with Gasteiger partial charge in [0, 0.05) is 22.7 Å². The van der Waals surface area contributed by atoms with E-state index in [-0.39, 0.29) is 6.17 Å². The highest BCUT2D eigenvalue weighted by molar-refractivity contribution is 6.10. The molecule has 0 saturated heterocycles. The molecule has 0 amide bonds. The first-order valence-electron chi connectivity index (χ1n) is 10.4. The Morgan fingerprint density at radius 1 is 0.903 bits per heavy atom. The van der Waals surface area contributed by atoms with E-state index in [0.29, 0.717) is 5.82 Å². The van der Waals surface area contributed by atoms with E-state index in [0.717, 1.165) is 44.7 Å². The van der Waals surface area contributed by atoms with Crippen LogP contribution in [0.4, 0.5) is 11.4 Å². The van der Waals surface area contributed by atoms with E-state index in [1.165, 1.54) is 0 Å². The highest BCUT2D eigenvalue weighted by Gasteiger charge is 2.39. The van der Waals surface area contributed by atoms with Crippen LogP contribution in [0, 0.1) is 6.92 Å². The number of aryl methyl sites for hydroxylation is 1. The van der Waals surface area contributed by atoms with Crippen molar-refractivity contribution >= 4 is 46.2 Å². The van der Waals surface area contributed by atoms with Gasteiger partial charge in [-0.05, 0) is 51.3 Å². The first-order chi connectivity index (χ1) is 15.2. The van der Waals surface area contributed by atoms with Crippen molar-refractivity contribution in [2.75, 3.05) is 9.80 Å². The minimum atomic E-state index is -0.0703. The summed E-state index contributed by atoms with van der Waals surface area (Å²) in [4.78, 5) is 13.5. The summed E-state index contributed by atoms with van der Waals surface area (Å²) in [5.41, 5.74) is 4.87. The number of rotatable bonds is 4. The second-order valence-electron chi connectivity index (χ2n) is 7.61. The van der Waals surface area contributed by atoms with Gasteiger partial charge in [-0.25, -0.2) is 9.98 Å². The van der Waals surface area contributed by atoms with E-state index in [1.807, 2.05) is 43.3 Å². The van der Waals surface area contributed by atoms with E-state index >= 15 is 0 Å². The van der Waals surface area contributed by atoms with Crippen LogP contribution < -0.4 is 9.80 Å². The van der Waals surface area contributed by atoms with E-state index in [4.69, 9.17) is 4.42 Å². The molecule has 0 aliphatic carbocycles. The van der Waals surface area contributed by atoms with Gasteiger partial charge in [0.1, 0.15) is 11.7 Å². The van der Waals surface area contributed by atoms with Crippen LogP contribution in [0.15, 0.2) is 92.8 Å². The van der Waals surface area contributed by atoms with Crippen molar-refractivity contribution in [3.05, 3.63) is 83.9 Å². The number of furan rings is 1. The Balaban J connectivity index is 1.79. The topological polar surface area (TPSA) is 44.3 Å². The quantitative estimate of drug-likeness (QED) is 0.363. The molecule has 5 nitrogen and oxygen atoms in total. The first kappa shape index (κ1) is 19.1. The van der Waals surface area contributed by atoms with Crippen LogP contribution in [0.1, 0.15) is 19.4 Å². The molecule has 0 bridgehead atoms. The van der Waals surface area contributed by atoms with Crippen LogP contribution in [0.25, 0.3) is 21.9 Å². The van der Waals surface area contributed by atoms with E-state index in [2.05, 4.69) is 70.7 Å². The van der Waals surface area contributed by atoms with Crippen LogP contribution in [0.3, 0.4) is 0 Å². The Labute approximate surface area is 181 Å². The highest BCUT2D eigenvalue weighted by atomic mass is 16.3. The first-order valence-corrected chi connectivity index (χ1v) is 10.4. The summed E-state index contributed by atoms with van der Waals surface area (Å²) < 4.78 is 6.37. The Hall–Kier alpha value is -3.86. The number of benzene rings is 3. The van der Waals surface area contributed by atoms with Crippen LogP contribution in [-0.2, 0) is 0 Å². The lowest BCUT2D eigenvalue weighted by atomic mass is 10.1. The Kier molecular flexibility index (Phi) is 4.59. The van der Waals surface area contributed by atoms with Crippen LogP contribution in [-0.4, -0.2) is 19.1 Å². The van der Waals surface area contributed by atoms with Gasteiger partial charge in [0.25, 0.3) is 0 Å². The number of hydrogen-bond donors (Lipinski definition) is 0. The maximum atomic E-state index is 6.37. The molecule has 3 aromatic carbocycles. The number of hydrogen-bond acceptors (Lipinski definition) is 5. The predicted octanol–water partition coefficient (Wildman–Crippen LogP) is 6.48. The Morgan fingerprint density at radius 2 is 1.65 bits per heavy atom. The second-order valence-corrected chi connectivity index (χ2v) is 7.61. The fourth-order valence-corrected chi connectivity index (χ4v) is 4.47. The molecule has 1 aromatic heterocycles. The average Bonchev–Trinajstić information content (AvgIpc) is 3.29. The third-order valence-electron chi connectivity index (χ3n) is 5.80. The summed E-state index contributed by atoms with van der Waals surface area (Å²) in [7, 11) is 0. The van der Waals surface area contributed by atoms with Crippen LogP contribution >= 0.6 is 0 Å². The fourth-order valence-electron chi connectivity index (χ4n) is 4.47. The van der Waals surface area contributed by atoms with Crippen molar-refractivity contribution in [1.82, 2.24) is 0 Å². The lowest BCUT2D eigenvalue weighted by molar-refractivity contribution is 0.659. The van der Waals surface area contributed by atoms with Crippen molar-refractivity contribution in [3.8, 4) is 0 Å². The normalized spacial score (nSPS) is 16.9. The molecule has 1 unspecified atom stereocenters.